The van der Waals surface area contributed by atoms with Gasteiger partial charge in [0.05, 0.1) is 5.69 Å². The van der Waals surface area contributed by atoms with Crippen LogP contribution in [0.1, 0.15) is 26.3 Å². The third kappa shape index (κ3) is 4.83. The van der Waals surface area contributed by atoms with Gasteiger partial charge in [-0.25, -0.2) is 4.79 Å². The van der Waals surface area contributed by atoms with Crippen LogP contribution in [-0.2, 0) is 4.79 Å². The molecular formula is C18H25F2N3O3. The fourth-order valence-electron chi connectivity index (χ4n) is 2.77. The molecule has 0 saturated carbocycles. The summed E-state index contributed by atoms with van der Waals surface area (Å²) < 4.78 is 29.6. The summed E-state index contributed by atoms with van der Waals surface area (Å²) in [5.41, 5.74) is 0.386. The molecule has 2 rings (SSSR count). The van der Waals surface area contributed by atoms with Crippen LogP contribution in [0.25, 0.3) is 0 Å². The third-order valence-electron chi connectivity index (χ3n) is 4.18. The highest BCUT2D eigenvalue weighted by atomic mass is 19.3. The van der Waals surface area contributed by atoms with E-state index in [2.05, 4.69) is 10.1 Å². The van der Waals surface area contributed by atoms with Gasteiger partial charge in [0.25, 0.3) is 0 Å². The van der Waals surface area contributed by atoms with Gasteiger partial charge in [-0.15, -0.1) is 0 Å². The Morgan fingerprint density at radius 2 is 1.69 bits per heavy atom. The molecule has 0 radical (unpaired) electrons. The lowest BCUT2D eigenvalue weighted by atomic mass is 9.94. The predicted octanol–water partition coefficient (Wildman–Crippen LogP) is 3.32. The number of carbonyl (C=O) groups excluding carboxylic acids is 2. The maximum absolute atomic E-state index is 12.6. The van der Waals surface area contributed by atoms with Crippen LogP contribution in [0.15, 0.2) is 18.2 Å². The molecule has 0 atom stereocenters. The summed E-state index contributed by atoms with van der Waals surface area (Å²) in [7, 11) is 0. The summed E-state index contributed by atoms with van der Waals surface area (Å²) in [6.45, 7) is 5.95. The SMILES string of the molecule is Cc1cccc(OC(F)F)c1NC(=O)N1CCN(C(=O)C(C)(C)C)CC1. The Morgan fingerprint density at radius 3 is 2.23 bits per heavy atom. The number of halogens is 2. The van der Waals surface area contributed by atoms with Crippen LogP contribution in [0.2, 0.25) is 0 Å². The number of amides is 3. The van der Waals surface area contributed by atoms with Gasteiger partial charge in [-0.2, -0.15) is 8.78 Å². The molecule has 1 aliphatic heterocycles. The number of nitrogens with zero attached hydrogens (tertiary/aromatic N) is 2. The first kappa shape index (κ1) is 19.9. The lowest BCUT2D eigenvalue weighted by Crippen LogP contribution is -2.53. The first-order valence-corrected chi connectivity index (χ1v) is 8.49. The van der Waals surface area contributed by atoms with Crippen molar-refractivity contribution in [2.24, 2.45) is 5.41 Å². The zero-order valence-corrected chi connectivity index (χ0v) is 15.5. The van der Waals surface area contributed by atoms with Gasteiger partial charge in [-0.05, 0) is 18.6 Å². The number of hydrogen-bond acceptors (Lipinski definition) is 3. The van der Waals surface area contributed by atoms with Crippen molar-refractivity contribution >= 4 is 17.6 Å². The maximum atomic E-state index is 12.6. The molecule has 8 heteroatoms. The fraction of sp³-hybridized carbons (Fsp3) is 0.556. The van der Waals surface area contributed by atoms with Crippen molar-refractivity contribution in [3.8, 4) is 5.75 Å². The van der Waals surface area contributed by atoms with Crippen molar-refractivity contribution in [3.05, 3.63) is 23.8 Å². The van der Waals surface area contributed by atoms with Crippen LogP contribution in [0, 0.1) is 12.3 Å². The Kier molecular flexibility index (Phi) is 6.05. The number of benzene rings is 1. The van der Waals surface area contributed by atoms with E-state index < -0.39 is 18.1 Å². The van der Waals surface area contributed by atoms with Crippen molar-refractivity contribution in [1.29, 1.82) is 0 Å². The highest BCUT2D eigenvalue weighted by Gasteiger charge is 2.31. The zero-order valence-electron chi connectivity index (χ0n) is 15.5. The molecule has 3 amide bonds. The number of aryl methyl sites for hydroxylation is 1. The average molecular weight is 369 g/mol. The minimum absolute atomic E-state index is 0.0454. The van der Waals surface area contributed by atoms with Crippen molar-refractivity contribution < 1.29 is 23.1 Å². The smallest absolute Gasteiger partial charge is 0.387 e. The minimum atomic E-state index is -2.97. The standard InChI is InChI=1S/C18H25F2N3O3/c1-12-6-5-7-13(26-16(19)20)14(12)21-17(25)23-10-8-22(9-11-23)15(24)18(2,3)4/h5-7,16H,8-11H2,1-4H3,(H,21,25). The van der Waals surface area contributed by atoms with Crippen LogP contribution in [0.4, 0.5) is 19.3 Å². The first-order chi connectivity index (χ1) is 12.1. The van der Waals surface area contributed by atoms with E-state index in [1.807, 2.05) is 20.8 Å². The van der Waals surface area contributed by atoms with Crippen LogP contribution < -0.4 is 10.1 Å². The molecular weight excluding hydrogens is 344 g/mol. The molecule has 144 valence electrons. The Hall–Kier alpha value is -2.38. The monoisotopic (exact) mass is 369 g/mol. The summed E-state index contributed by atoms with van der Waals surface area (Å²) in [4.78, 5) is 28.1. The number of nitrogens with one attached hydrogen (secondary N) is 1. The summed E-state index contributed by atoms with van der Waals surface area (Å²) in [6, 6.07) is 4.27. The van der Waals surface area contributed by atoms with Gasteiger partial charge in [-0.1, -0.05) is 32.9 Å². The van der Waals surface area contributed by atoms with E-state index in [9.17, 15) is 18.4 Å². The van der Waals surface area contributed by atoms with Gasteiger partial charge < -0.3 is 19.9 Å². The molecule has 1 N–H and O–H groups in total. The van der Waals surface area contributed by atoms with E-state index in [0.717, 1.165) is 0 Å². The van der Waals surface area contributed by atoms with E-state index >= 15 is 0 Å². The Labute approximate surface area is 152 Å². The van der Waals surface area contributed by atoms with E-state index in [-0.39, 0.29) is 17.3 Å². The number of ether oxygens (including phenoxy) is 1. The number of hydrogen-bond donors (Lipinski definition) is 1. The lowest BCUT2D eigenvalue weighted by molar-refractivity contribution is -0.140. The van der Waals surface area contributed by atoms with Gasteiger partial charge in [0, 0.05) is 31.6 Å². The summed E-state index contributed by atoms with van der Waals surface area (Å²) in [6.07, 6.45) is 0. The molecule has 1 saturated heterocycles. The quantitative estimate of drug-likeness (QED) is 0.889. The second kappa shape index (κ2) is 7.88. The van der Waals surface area contributed by atoms with Gasteiger partial charge in [0.2, 0.25) is 5.91 Å². The van der Waals surface area contributed by atoms with Crippen LogP contribution in [-0.4, -0.2) is 54.5 Å². The largest absolute Gasteiger partial charge is 0.433 e. The van der Waals surface area contributed by atoms with Gasteiger partial charge in [0.15, 0.2) is 0 Å². The number of anilines is 1. The normalized spacial score (nSPS) is 15.2. The summed E-state index contributed by atoms with van der Waals surface area (Å²) in [5.74, 6) is -0.0287. The highest BCUT2D eigenvalue weighted by Crippen LogP contribution is 2.30. The van der Waals surface area contributed by atoms with Crippen LogP contribution in [0.3, 0.4) is 0 Å². The molecule has 1 fully saturated rings. The molecule has 1 heterocycles. The molecule has 6 nitrogen and oxygen atoms in total. The average Bonchev–Trinajstić information content (AvgIpc) is 2.56. The number of urea groups is 1. The van der Waals surface area contributed by atoms with Gasteiger partial charge in [-0.3, -0.25) is 4.79 Å². The Morgan fingerprint density at radius 1 is 1.12 bits per heavy atom. The van der Waals surface area contributed by atoms with Gasteiger partial charge in [0.1, 0.15) is 5.75 Å². The first-order valence-electron chi connectivity index (χ1n) is 8.49. The van der Waals surface area contributed by atoms with Crippen molar-refractivity contribution in [1.82, 2.24) is 9.80 Å². The number of carbonyl (C=O) groups is 2. The lowest BCUT2D eigenvalue weighted by Gasteiger charge is -2.37. The van der Waals surface area contributed by atoms with E-state index in [4.69, 9.17) is 0 Å². The highest BCUT2D eigenvalue weighted by molar-refractivity contribution is 5.92. The van der Waals surface area contributed by atoms with E-state index in [1.165, 1.54) is 6.07 Å². The van der Waals surface area contributed by atoms with Crippen molar-refractivity contribution in [3.63, 3.8) is 0 Å². The molecule has 0 unspecified atom stereocenters. The summed E-state index contributed by atoms with van der Waals surface area (Å²) >= 11 is 0. The van der Waals surface area contributed by atoms with Crippen molar-refractivity contribution in [2.75, 3.05) is 31.5 Å². The molecule has 1 aromatic rings. The molecule has 1 aliphatic rings. The molecule has 1 aromatic carbocycles. The Bertz CT molecular complexity index is 666. The van der Waals surface area contributed by atoms with Crippen LogP contribution in [0.5, 0.6) is 5.75 Å². The number of piperazine rings is 1. The second-order valence-corrected chi connectivity index (χ2v) is 7.29. The summed E-state index contributed by atoms with van der Waals surface area (Å²) in [5, 5.41) is 2.65. The molecule has 26 heavy (non-hydrogen) atoms. The van der Waals surface area contributed by atoms with Crippen LogP contribution >= 0.6 is 0 Å². The minimum Gasteiger partial charge on any atom is -0.433 e. The number of rotatable bonds is 3. The molecule has 0 aliphatic carbocycles. The molecule has 0 spiro atoms. The molecule has 0 aromatic heterocycles. The predicted molar refractivity (Wildman–Crippen MR) is 94.4 cm³/mol. The molecule has 0 bridgehead atoms. The third-order valence-corrected chi connectivity index (χ3v) is 4.18. The fourth-order valence-corrected chi connectivity index (χ4v) is 2.77. The Balaban J connectivity index is 2.01. The number of alkyl halides is 2. The van der Waals surface area contributed by atoms with E-state index in [0.29, 0.717) is 31.7 Å². The topological polar surface area (TPSA) is 61.9 Å². The number of para-hydroxylation sites is 1. The van der Waals surface area contributed by atoms with E-state index in [1.54, 1.807) is 28.9 Å². The van der Waals surface area contributed by atoms with Crippen molar-refractivity contribution in [2.45, 2.75) is 34.3 Å². The van der Waals surface area contributed by atoms with Gasteiger partial charge >= 0.3 is 12.6 Å². The second-order valence-electron chi connectivity index (χ2n) is 7.29. The zero-order chi connectivity index (χ0) is 19.5. The maximum Gasteiger partial charge on any atom is 0.387 e.